The lowest BCUT2D eigenvalue weighted by Crippen LogP contribution is -2.63. The predicted molar refractivity (Wildman–Crippen MR) is 46.8 cm³/mol. The SMILES string of the molecule is OCC1(CN2CC3CCC32)CC1. The Bertz CT molecular complexity index is 200. The largest absolute Gasteiger partial charge is 0.396 e. The second-order valence-electron chi connectivity index (χ2n) is 4.99. The van der Waals surface area contributed by atoms with E-state index in [4.69, 9.17) is 5.11 Å². The van der Waals surface area contributed by atoms with Crippen molar-refractivity contribution in [3.8, 4) is 0 Å². The molecule has 2 saturated carbocycles. The van der Waals surface area contributed by atoms with E-state index < -0.39 is 0 Å². The molecule has 3 fully saturated rings. The molecule has 0 aromatic rings. The lowest BCUT2D eigenvalue weighted by Gasteiger charge is -2.56. The minimum atomic E-state index is 0.348. The van der Waals surface area contributed by atoms with Gasteiger partial charge in [0.1, 0.15) is 0 Å². The van der Waals surface area contributed by atoms with Crippen molar-refractivity contribution in [2.45, 2.75) is 31.7 Å². The number of aliphatic hydroxyl groups is 1. The van der Waals surface area contributed by atoms with E-state index >= 15 is 0 Å². The van der Waals surface area contributed by atoms with Gasteiger partial charge in [0.15, 0.2) is 0 Å². The van der Waals surface area contributed by atoms with Crippen molar-refractivity contribution in [3.63, 3.8) is 0 Å². The molecule has 1 heterocycles. The van der Waals surface area contributed by atoms with Gasteiger partial charge in [0.25, 0.3) is 0 Å². The van der Waals surface area contributed by atoms with E-state index in [0.29, 0.717) is 12.0 Å². The maximum atomic E-state index is 9.17. The molecule has 1 saturated heterocycles. The van der Waals surface area contributed by atoms with Crippen LogP contribution in [0.4, 0.5) is 0 Å². The highest BCUT2D eigenvalue weighted by molar-refractivity contribution is 5.04. The van der Waals surface area contributed by atoms with Crippen LogP contribution in [0.15, 0.2) is 0 Å². The Morgan fingerprint density at radius 2 is 2.17 bits per heavy atom. The van der Waals surface area contributed by atoms with Crippen LogP contribution in [-0.2, 0) is 0 Å². The normalized spacial score (nSPS) is 42.8. The zero-order valence-corrected chi connectivity index (χ0v) is 7.50. The van der Waals surface area contributed by atoms with Crippen LogP contribution in [0.1, 0.15) is 25.7 Å². The minimum absolute atomic E-state index is 0.348. The molecule has 1 N–H and O–H groups in total. The summed E-state index contributed by atoms with van der Waals surface area (Å²) >= 11 is 0. The molecule has 3 aliphatic rings. The molecule has 2 heteroatoms. The van der Waals surface area contributed by atoms with Gasteiger partial charge in [-0.1, -0.05) is 0 Å². The third-order valence-electron chi connectivity index (χ3n) is 4.15. The highest BCUT2D eigenvalue weighted by atomic mass is 16.3. The summed E-state index contributed by atoms with van der Waals surface area (Å²) in [6.45, 7) is 2.93. The third kappa shape index (κ3) is 0.882. The first-order chi connectivity index (χ1) is 5.83. The molecule has 2 atom stereocenters. The molecular formula is C10H17NO. The number of rotatable bonds is 3. The average molecular weight is 167 g/mol. The van der Waals surface area contributed by atoms with E-state index in [1.54, 1.807) is 0 Å². The van der Waals surface area contributed by atoms with Crippen molar-refractivity contribution in [1.29, 1.82) is 0 Å². The Morgan fingerprint density at radius 3 is 2.50 bits per heavy atom. The predicted octanol–water partition coefficient (Wildman–Crippen LogP) is 0.853. The Balaban J connectivity index is 1.56. The Hall–Kier alpha value is -0.0800. The molecule has 12 heavy (non-hydrogen) atoms. The van der Waals surface area contributed by atoms with Crippen LogP contribution < -0.4 is 0 Å². The van der Waals surface area contributed by atoms with Crippen molar-refractivity contribution < 1.29 is 5.11 Å². The van der Waals surface area contributed by atoms with Gasteiger partial charge in [0.05, 0.1) is 0 Å². The summed E-state index contributed by atoms with van der Waals surface area (Å²) in [6.07, 6.45) is 5.41. The number of hydrogen-bond acceptors (Lipinski definition) is 2. The Morgan fingerprint density at radius 1 is 1.33 bits per heavy atom. The molecule has 2 unspecified atom stereocenters. The van der Waals surface area contributed by atoms with Crippen LogP contribution in [0.2, 0.25) is 0 Å². The van der Waals surface area contributed by atoms with E-state index in [0.717, 1.165) is 12.0 Å². The molecule has 0 aromatic heterocycles. The van der Waals surface area contributed by atoms with E-state index in [2.05, 4.69) is 4.90 Å². The van der Waals surface area contributed by atoms with Crippen LogP contribution >= 0.6 is 0 Å². The lowest BCUT2D eigenvalue weighted by atomic mass is 9.71. The molecule has 0 spiro atoms. The van der Waals surface area contributed by atoms with Gasteiger partial charge in [-0.15, -0.1) is 0 Å². The third-order valence-corrected chi connectivity index (χ3v) is 4.15. The number of likely N-dealkylation sites (tertiary alicyclic amines) is 1. The summed E-state index contributed by atoms with van der Waals surface area (Å²) in [5.74, 6) is 1.04. The summed E-state index contributed by atoms with van der Waals surface area (Å²) < 4.78 is 0. The van der Waals surface area contributed by atoms with Gasteiger partial charge in [-0.2, -0.15) is 0 Å². The Kier molecular flexibility index (Phi) is 1.37. The highest BCUT2D eigenvalue weighted by Crippen LogP contribution is 2.50. The average Bonchev–Trinajstić information content (AvgIpc) is 2.80. The number of piperidine rings is 1. The van der Waals surface area contributed by atoms with Crippen LogP contribution in [0.3, 0.4) is 0 Å². The van der Waals surface area contributed by atoms with Crippen molar-refractivity contribution in [2.75, 3.05) is 19.7 Å². The van der Waals surface area contributed by atoms with Gasteiger partial charge < -0.3 is 5.11 Å². The first-order valence-electron chi connectivity index (χ1n) is 5.18. The lowest BCUT2D eigenvalue weighted by molar-refractivity contribution is -0.0740. The number of aliphatic hydroxyl groups excluding tert-OH is 1. The number of nitrogens with zero attached hydrogens (tertiary/aromatic N) is 1. The minimum Gasteiger partial charge on any atom is -0.396 e. The van der Waals surface area contributed by atoms with E-state index in [9.17, 15) is 0 Å². The van der Waals surface area contributed by atoms with Crippen molar-refractivity contribution in [2.24, 2.45) is 11.3 Å². The van der Waals surface area contributed by atoms with E-state index in [-0.39, 0.29) is 0 Å². The summed E-state index contributed by atoms with van der Waals surface area (Å²) in [5, 5.41) is 9.17. The van der Waals surface area contributed by atoms with Gasteiger partial charge in [0.2, 0.25) is 0 Å². The summed E-state index contributed by atoms with van der Waals surface area (Å²) in [6, 6.07) is 0.925. The first kappa shape index (κ1) is 7.34. The molecule has 3 rings (SSSR count). The van der Waals surface area contributed by atoms with Crippen LogP contribution in [-0.4, -0.2) is 35.7 Å². The highest BCUT2D eigenvalue weighted by Gasteiger charge is 2.51. The maximum absolute atomic E-state index is 9.17. The molecule has 0 radical (unpaired) electrons. The van der Waals surface area contributed by atoms with E-state index in [1.807, 2.05) is 0 Å². The Labute approximate surface area is 73.6 Å². The monoisotopic (exact) mass is 167 g/mol. The zero-order valence-electron chi connectivity index (χ0n) is 7.50. The second kappa shape index (κ2) is 2.24. The van der Waals surface area contributed by atoms with Gasteiger partial charge in [0, 0.05) is 31.2 Å². The first-order valence-corrected chi connectivity index (χ1v) is 5.18. The van der Waals surface area contributed by atoms with Crippen molar-refractivity contribution in [1.82, 2.24) is 4.90 Å². The van der Waals surface area contributed by atoms with Crippen LogP contribution in [0.25, 0.3) is 0 Å². The fraction of sp³-hybridized carbons (Fsp3) is 1.00. The van der Waals surface area contributed by atoms with E-state index in [1.165, 1.54) is 38.8 Å². The molecule has 2 nitrogen and oxygen atoms in total. The smallest absolute Gasteiger partial charge is 0.0499 e. The van der Waals surface area contributed by atoms with Gasteiger partial charge in [-0.3, -0.25) is 4.90 Å². The summed E-state index contributed by atoms with van der Waals surface area (Å²) in [5.41, 5.74) is 0.348. The van der Waals surface area contributed by atoms with Crippen LogP contribution in [0, 0.1) is 11.3 Å². The number of hydrogen-bond donors (Lipinski definition) is 1. The summed E-state index contributed by atoms with van der Waals surface area (Å²) in [4.78, 5) is 2.59. The maximum Gasteiger partial charge on any atom is 0.0499 e. The van der Waals surface area contributed by atoms with Gasteiger partial charge in [-0.25, -0.2) is 0 Å². The zero-order chi connectivity index (χ0) is 8.18. The molecule has 0 aromatic carbocycles. The molecule has 0 amide bonds. The molecule has 68 valence electrons. The van der Waals surface area contributed by atoms with Gasteiger partial charge >= 0.3 is 0 Å². The molecular weight excluding hydrogens is 150 g/mol. The standard InChI is InChI=1S/C10H17NO/c12-7-10(3-4-10)6-11-5-8-1-2-9(8)11/h8-9,12H,1-7H2. The topological polar surface area (TPSA) is 23.5 Å². The molecule has 1 aliphatic heterocycles. The second-order valence-corrected chi connectivity index (χ2v) is 4.99. The quantitative estimate of drug-likeness (QED) is 0.673. The molecule has 2 aliphatic carbocycles. The molecule has 0 bridgehead atoms. The number of fused-ring (bicyclic) bond motifs is 1. The van der Waals surface area contributed by atoms with Gasteiger partial charge in [-0.05, 0) is 31.6 Å². The summed E-state index contributed by atoms with van der Waals surface area (Å²) in [7, 11) is 0. The van der Waals surface area contributed by atoms with Crippen molar-refractivity contribution in [3.05, 3.63) is 0 Å². The fourth-order valence-corrected chi connectivity index (χ4v) is 2.70. The fourth-order valence-electron chi connectivity index (χ4n) is 2.70. The van der Waals surface area contributed by atoms with Crippen molar-refractivity contribution >= 4 is 0 Å². The van der Waals surface area contributed by atoms with Crippen LogP contribution in [0.5, 0.6) is 0 Å².